The molecule has 0 spiro atoms. The summed E-state index contributed by atoms with van der Waals surface area (Å²) >= 11 is 0. The van der Waals surface area contributed by atoms with Crippen molar-refractivity contribution in [3.63, 3.8) is 0 Å². The molecule has 3 aromatic rings. The maximum Gasteiger partial charge on any atom is 0.243 e. The standard InChI is InChI=1S/C35H46N4O6/c1-39(21-19-30-8-6-7-20-36-30)24-31-22-32(28-15-13-27(25-40)14-16-28)45-35(44-31)29-17-11-26(12-18-29)23-37-33(41)9-4-2-3-5-10-34(42)38-43/h6-8,11-18,20,31-32,35,40,43H,2-5,9-10,19,21-25H2,1H3,(H,37,41)(H,38,42). The predicted molar refractivity (Wildman–Crippen MR) is 170 cm³/mol. The number of nitrogens with one attached hydrogen (secondary N) is 2. The summed E-state index contributed by atoms with van der Waals surface area (Å²) < 4.78 is 13.0. The highest BCUT2D eigenvalue weighted by molar-refractivity contribution is 5.75. The van der Waals surface area contributed by atoms with E-state index in [1.54, 1.807) is 5.48 Å². The van der Waals surface area contributed by atoms with Crippen molar-refractivity contribution in [2.45, 2.75) is 83.0 Å². The molecular weight excluding hydrogens is 572 g/mol. The van der Waals surface area contributed by atoms with Gasteiger partial charge in [0.2, 0.25) is 11.8 Å². The molecule has 10 heteroatoms. The summed E-state index contributed by atoms with van der Waals surface area (Å²) in [6.07, 6.45) is 6.52. The summed E-state index contributed by atoms with van der Waals surface area (Å²) in [4.78, 5) is 30.1. The number of carbonyl (C=O) groups is 2. The van der Waals surface area contributed by atoms with Crippen molar-refractivity contribution < 1.29 is 29.4 Å². The largest absolute Gasteiger partial charge is 0.392 e. The van der Waals surface area contributed by atoms with Gasteiger partial charge in [0.25, 0.3) is 0 Å². The molecule has 0 bridgehead atoms. The van der Waals surface area contributed by atoms with Crippen LogP contribution in [0.5, 0.6) is 0 Å². The minimum atomic E-state index is -0.539. The highest BCUT2D eigenvalue weighted by Gasteiger charge is 2.32. The van der Waals surface area contributed by atoms with Crippen LogP contribution in [0.2, 0.25) is 0 Å². The second-order valence-corrected chi connectivity index (χ2v) is 11.7. The molecule has 3 unspecified atom stereocenters. The summed E-state index contributed by atoms with van der Waals surface area (Å²) in [5, 5.41) is 21.0. The number of aliphatic hydroxyl groups is 1. The quantitative estimate of drug-likeness (QED) is 0.0968. The van der Waals surface area contributed by atoms with Crippen molar-refractivity contribution in [3.8, 4) is 0 Å². The van der Waals surface area contributed by atoms with E-state index in [4.69, 9.17) is 14.7 Å². The van der Waals surface area contributed by atoms with Crippen LogP contribution in [-0.2, 0) is 38.6 Å². The van der Waals surface area contributed by atoms with Gasteiger partial charge in [-0.15, -0.1) is 0 Å². The van der Waals surface area contributed by atoms with Crippen molar-refractivity contribution in [2.75, 3.05) is 20.1 Å². The Morgan fingerprint density at radius 2 is 1.58 bits per heavy atom. The molecule has 1 aromatic heterocycles. The summed E-state index contributed by atoms with van der Waals surface area (Å²) in [7, 11) is 2.10. The molecule has 2 aromatic carbocycles. The number of hydrogen-bond donors (Lipinski definition) is 4. The van der Waals surface area contributed by atoms with Gasteiger partial charge in [-0.25, -0.2) is 5.48 Å². The normalized spacial score (nSPS) is 18.1. The summed E-state index contributed by atoms with van der Waals surface area (Å²) in [6, 6.07) is 21.8. The second kappa shape index (κ2) is 18.3. The third kappa shape index (κ3) is 11.6. The van der Waals surface area contributed by atoms with E-state index in [0.29, 0.717) is 32.2 Å². The van der Waals surface area contributed by atoms with E-state index < -0.39 is 6.29 Å². The van der Waals surface area contributed by atoms with Gasteiger partial charge in [0.15, 0.2) is 6.29 Å². The topological polar surface area (TPSA) is 133 Å². The van der Waals surface area contributed by atoms with Crippen LogP contribution < -0.4 is 10.8 Å². The Morgan fingerprint density at radius 3 is 2.24 bits per heavy atom. The van der Waals surface area contributed by atoms with E-state index in [9.17, 15) is 14.7 Å². The van der Waals surface area contributed by atoms with Crippen LogP contribution in [-0.4, -0.2) is 58.3 Å². The van der Waals surface area contributed by atoms with Crippen LogP contribution in [0.4, 0.5) is 0 Å². The number of pyridine rings is 1. The van der Waals surface area contributed by atoms with Crippen LogP contribution >= 0.6 is 0 Å². The number of hydroxylamine groups is 1. The van der Waals surface area contributed by atoms with Gasteiger partial charge in [-0.1, -0.05) is 67.4 Å². The molecule has 0 saturated carbocycles. The number of aromatic nitrogens is 1. The Hall–Kier alpha value is -3.67. The Kier molecular flexibility index (Phi) is 13.9. The first-order valence-corrected chi connectivity index (χ1v) is 15.8. The van der Waals surface area contributed by atoms with E-state index in [1.807, 2.05) is 72.9 Å². The average molecular weight is 619 g/mol. The van der Waals surface area contributed by atoms with Crippen LogP contribution in [0.3, 0.4) is 0 Å². The lowest BCUT2D eigenvalue weighted by Gasteiger charge is -2.38. The number of aliphatic hydroxyl groups excluding tert-OH is 1. The highest BCUT2D eigenvalue weighted by Crippen LogP contribution is 2.38. The van der Waals surface area contributed by atoms with Gasteiger partial charge in [0.1, 0.15) is 0 Å². The van der Waals surface area contributed by atoms with Crippen LogP contribution in [0, 0.1) is 0 Å². The predicted octanol–water partition coefficient (Wildman–Crippen LogP) is 4.76. The van der Waals surface area contributed by atoms with Gasteiger partial charge in [-0.05, 0) is 48.7 Å². The highest BCUT2D eigenvalue weighted by atomic mass is 16.7. The number of unbranched alkanes of at least 4 members (excludes halogenated alkanes) is 3. The van der Waals surface area contributed by atoms with E-state index in [1.165, 1.54) is 0 Å². The van der Waals surface area contributed by atoms with Gasteiger partial charge < -0.3 is 24.8 Å². The fourth-order valence-electron chi connectivity index (χ4n) is 5.39. The van der Waals surface area contributed by atoms with Gasteiger partial charge in [-0.3, -0.25) is 19.8 Å². The van der Waals surface area contributed by atoms with Gasteiger partial charge in [0.05, 0.1) is 18.8 Å². The third-order valence-electron chi connectivity index (χ3n) is 8.03. The SMILES string of the molecule is CN(CCc1ccccn1)CC1CC(c2ccc(CO)cc2)OC(c2ccc(CNC(=O)CCCCCCC(=O)NO)cc2)O1. The van der Waals surface area contributed by atoms with E-state index in [2.05, 4.69) is 22.2 Å². The number of amides is 2. The molecule has 1 aliphatic heterocycles. The number of rotatable bonds is 17. The number of hydrogen-bond acceptors (Lipinski definition) is 8. The molecule has 4 N–H and O–H groups in total. The number of ether oxygens (including phenoxy) is 2. The van der Waals surface area contributed by atoms with Gasteiger partial charge >= 0.3 is 0 Å². The fourth-order valence-corrected chi connectivity index (χ4v) is 5.39. The Bertz CT molecular complexity index is 1310. The molecule has 1 fully saturated rings. The van der Waals surface area contributed by atoms with Gasteiger partial charge in [-0.2, -0.15) is 0 Å². The molecular formula is C35H46N4O6. The number of nitrogens with zero attached hydrogens (tertiary/aromatic N) is 2. The third-order valence-corrected chi connectivity index (χ3v) is 8.03. The van der Waals surface area contributed by atoms with Crippen LogP contribution in [0.1, 0.15) is 85.3 Å². The Morgan fingerprint density at radius 1 is 0.889 bits per heavy atom. The molecule has 10 nitrogen and oxygen atoms in total. The lowest BCUT2D eigenvalue weighted by molar-refractivity contribution is -0.252. The summed E-state index contributed by atoms with van der Waals surface area (Å²) in [6.45, 7) is 2.05. The van der Waals surface area contributed by atoms with Crippen molar-refractivity contribution in [2.24, 2.45) is 0 Å². The van der Waals surface area contributed by atoms with Crippen molar-refractivity contribution in [3.05, 3.63) is 101 Å². The Balaban J connectivity index is 1.30. The zero-order valence-corrected chi connectivity index (χ0v) is 26.1. The zero-order valence-electron chi connectivity index (χ0n) is 26.1. The summed E-state index contributed by atoms with van der Waals surface area (Å²) in [5.74, 6) is -0.384. The molecule has 3 atom stereocenters. The molecule has 1 aliphatic rings. The first kappa shape index (κ1) is 34.2. The maximum atomic E-state index is 12.3. The monoisotopic (exact) mass is 618 g/mol. The number of likely N-dealkylation sites (N-methyl/N-ethyl adjacent to an activating group) is 1. The van der Waals surface area contributed by atoms with E-state index in [-0.39, 0.29) is 30.6 Å². The van der Waals surface area contributed by atoms with E-state index >= 15 is 0 Å². The molecule has 4 rings (SSSR count). The first-order valence-electron chi connectivity index (χ1n) is 15.8. The van der Waals surface area contributed by atoms with E-state index in [0.717, 1.165) is 66.7 Å². The molecule has 2 amide bonds. The van der Waals surface area contributed by atoms with Crippen molar-refractivity contribution in [1.82, 2.24) is 20.7 Å². The molecule has 45 heavy (non-hydrogen) atoms. The minimum absolute atomic E-state index is 0.00141. The van der Waals surface area contributed by atoms with Crippen LogP contribution in [0.15, 0.2) is 72.9 Å². The molecule has 0 radical (unpaired) electrons. The van der Waals surface area contributed by atoms with Gasteiger partial charge in [0, 0.05) is 62.8 Å². The van der Waals surface area contributed by atoms with Crippen molar-refractivity contribution >= 4 is 11.8 Å². The molecule has 0 aliphatic carbocycles. The zero-order chi connectivity index (χ0) is 31.9. The average Bonchev–Trinajstić information content (AvgIpc) is 3.08. The fraction of sp³-hybridized carbons (Fsp3) is 0.457. The number of benzene rings is 2. The molecule has 2 heterocycles. The Labute approximate surface area is 265 Å². The smallest absolute Gasteiger partial charge is 0.243 e. The number of carbonyl (C=O) groups excluding carboxylic acids is 2. The molecule has 242 valence electrons. The lowest BCUT2D eigenvalue weighted by atomic mass is 9.99. The lowest BCUT2D eigenvalue weighted by Crippen LogP contribution is -2.38. The maximum absolute atomic E-state index is 12.3. The van der Waals surface area contributed by atoms with Crippen molar-refractivity contribution in [1.29, 1.82) is 0 Å². The minimum Gasteiger partial charge on any atom is -0.392 e. The second-order valence-electron chi connectivity index (χ2n) is 11.7. The first-order chi connectivity index (χ1) is 21.9. The summed E-state index contributed by atoms with van der Waals surface area (Å²) in [5.41, 5.74) is 6.51. The molecule has 1 saturated heterocycles. The van der Waals surface area contributed by atoms with Crippen LogP contribution in [0.25, 0.3) is 0 Å².